The highest BCUT2D eigenvalue weighted by Crippen LogP contribution is 2.74. The predicted octanol–water partition coefficient (Wildman–Crippen LogP) is 7.10. The maximum absolute atomic E-state index is 13.0. The molecule has 0 amide bonds. The smallest absolute Gasteiger partial charge is 0.249 e. The Labute approximate surface area is 304 Å². The van der Waals surface area contributed by atoms with Crippen LogP contribution in [0.3, 0.4) is 0 Å². The number of aromatic amines is 2. The van der Waals surface area contributed by atoms with Gasteiger partial charge in [0.25, 0.3) is 0 Å². The number of pyridine rings is 2. The number of hydrogen-bond acceptors (Lipinski definition) is 7. The fraction of sp³-hybridized carbons (Fsp3) is 0.514. The molecule has 8 aliphatic rings. The lowest BCUT2D eigenvalue weighted by Crippen LogP contribution is -2.76. The second-order valence-electron chi connectivity index (χ2n) is 16.9. The molecule has 0 radical (unpaired) electrons. The first-order chi connectivity index (χ1) is 25.1. The van der Waals surface area contributed by atoms with E-state index in [1.807, 2.05) is 37.3 Å². The first-order valence-corrected chi connectivity index (χ1v) is 18.3. The molecule has 16 heteroatoms. The van der Waals surface area contributed by atoms with Gasteiger partial charge in [0, 0.05) is 78.2 Å². The van der Waals surface area contributed by atoms with E-state index < -0.39 is 28.9 Å². The first-order valence-electron chi connectivity index (χ1n) is 18.0. The molecule has 0 saturated heterocycles. The minimum atomic E-state index is -2.63. The average molecular weight is 750 g/mol. The highest BCUT2D eigenvalue weighted by molar-refractivity contribution is 6.64. The summed E-state index contributed by atoms with van der Waals surface area (Å²) in [6.45, 7) is 0. The van der Waals surface area contributed by atoms with Crippen LogP contribution >= 0.6 is 11.6 Å². The summed E-state index contributed by atoms with van der Waals surface area (Å²) in [5.41, 5.74) is 12.5. The highest BCUT2D eigenvalue weighted by Gasteiger charge is 2.70. The van der Waals surface area contributed by atoms with Gasteiger partial charge in [0.05, 0.1) is 41.6 Å². The highest BCUT2D eigenvalue weighted by atomic mass is 35.5. The number of Topliss-reactive ketones (excluding diaryl/α,β-unsaturated/α-hetero) is 1. The van der Waals surface area contributed by atoms with Crippen LogP contribution in [0.25, 0.3) is 44.1 Å². The van der Waals surface area contributed by atoms with Gasteiger partial charge < -0.3 is 24.8 Å². The number of nitrogens with two attached hydrogens (primary N) is 1. The number of aromatic nitrogens is 8. The third-order valence-electron chi connectivity index (χ3n) is 12.9. The van der Waals surface area contributed by atoms with Crippen molar-refractivity contribution in [3.8, 4) is 0 Å². The van der Waals surface area contributed by atoms with Crippen LogP contribution in [0.1, 0.15) is 70.6 Å². The number of carbonyl (C=O) groups excluding carboxylic acids is 2. The molecule has 6 aromatic rings. The Balaban J connectivity index is 0.000000112. The van der Waals surface area contributed by atoms with Gasteiger partial charge in [0.15, 0.2) is 0 Å². The summed E-state index contributed by atoms with van der Waals surface area (Å²) < 4.78 is 54.5. The summed E-state index contributed by atoms with van der Waals surface area (Å²) in [7, 11) is 0. The third-order valence-corrected chi connectivity index (χ3v) is 13.2. The zero-order valence-corrected chi connectivity index (χ0v) is 29.3. The molecule has 8 saturated carbocycles. The van der Waals surface area contributed by atoms with E-state index in [-0.39, 0.29) is 53.5 Å². The van der Waals surface area contributed by atoms with Gasteiger partial charge in [-0.15, -0.1) is 0 Å². The fourth-order valence-corrected chi connectivity index (χ4v) is 10.6. The van der Waals surface area contributed by atoms with Crippen LogP contribution in [0, 0.1) is 17.3 Å². The summed E-state index contributed by atoms with van der Waals surface area (Å²) in [6, 6.07) is 4.09. The van der Waals surface area contributed by atoms with Gasteiger partial charge in [-0.3, -0.25) is 9.59 Å². The van der Waals surface area contributed by atoms with Crippen LogP contribution in [0.15, 0.2) is 49.6 Å². The molecule has 6 aromatic heterocycles. The molecule has 14 rings (SSSR count). The fourth-order valence-electron chi connectivity index (χ4n) is 10.4. The Morgan fingerprint density at radius 2 is 1.19 bits per heavy atom. The van der Waals surface area contributed by atoms with Crippen molar-refractivity contribution in [3.63, 3.8) is 0 Å². The van der Waals surface area contributed by atoms with Crippen LogP contribution in [0.4, 0.5) is 17.6 Å². The standard InChI is InChI=1S/C19H18F2N4O.C13H13N5.C5H5ClF2O/c20-19(21)3-11(4-19)14(26)5-17-7-18(8-17,9-17)25-10-24-13-6-23-16-12(15(13)25)1-2-22-16;14-12-4-13(5-12,6-12)18-7-17-9-3-16-11-8(10(9)18)1-2-15-11;6-4(9)3-1-5(7,8)2-3/h1-2,6,10-11H,3-5,7-9H2,(H,22,23);1-3,7H,4-6,14H2,(H,15,16);3H,1-2H2. The lowest BCUT2D eigenvalue weighted by atomic mass is 9.37. The molecule has 0 aliphatic heterocycles. The summed E-state index contributed by atoms with van der Waals surface area (Å²) >= 11 is 4.93. The Hall–Kier alpha value is -4.37. The van der Waals surface area contributed by atoms with Crippen molar-refractivity contribution in [2.45, 2.75) is 99.1 Å². The summed E-state index contributed by atoms with van der Waals surface area (Å²) in [5, 5.41) is 1.58. The lowest BCUT2D eigenvalue weighted by Gasteiger charge is -2.71. The summed E-state index contributed by atoms with van der Waals surface area (Å²) in [6.07, 6.45) is 16.6. The molecular weight excluding hydrogens is 714 g/mol. The van der Waals surface area contributed by atoms with E-state index in [4.69, 9.17) is 17.3 Å². The zero-order valence-electron chi connectivity index (χ0n) is 28.5. The van der Waals surface area contributed by atoms with Crippen molar-refractivity contribution >= 4 is 66.8 Å². The topological polar surface area (TPSA) is 153 Å². The Morgan fingerprint density at radius 1 is 0.736 bits per heavy atom. The number of halogens is 5. The molecule has 0 spiro atoms. The van der Waals surface area contributed by atoms with Crippen LogP contribution in [0.5, 0.6) is 0 Å². The van der Waals surface area contributed by atoms with Crippen molar-refractivity contribution in [3.05, 3.63) is 49.6 Å². The minimum Gasteiger partial charge on any atom is -0.346 e. The van der Waals surface area contributed by atoms with Crippen molar-refractivity contribution in [2.24, 2.45) is 23.0 Å². The largest absolute Gasteiger partial charge is 0.346 e. The zero-order chi connectivity index (χ0) is 36.8. The molecule has 8 fully saturated rings. The van der Waals surface area contributed by atoms with E-state index >= 15 is 0 Å². The van der Waals surface area contributed by atoms with Crippen molar-refractivity contribution in [2.75, 3.05) is 0 Å². The van der Waals surface area contributed by atoms with Crippen LogP contribution in [-0.4, -0.2) is 67.4 Å². The molecule has 53 heavy (non-hydrogen) atoms. The molecular formula is C37H36ClF4N9O2. The molecule has 4 bridgehead atoms. The van der Waals surface area contributed by atoms with Crippen molar-refractivity contribution in [1.82, 2.24) is 39.0 Å². The molecule has 8 aliphatic carbocycles. The van der Waals surface area contributed by atoms with Gasteiger partial charge in [0.2, 0.25) is 17.1 Å². The van der Waals surface area contributed by atoms with Crippen LogP contribution in [-0.2, 0) is 20.7 Å². The molecule has 11 nitrogen and oxygen atoms in total. The maximum Gasteiger partial charge on any atom is 0.249 e. The molecule has 4 N–H and O–H groups in total. The second-order valence-corrected chi connectivity index (χ2v) is 17.3. The minimum absolute atomic E-state index is 0.0306. The predicted molar refractivity (Wildman–Crippen MR) is 188 cm³/mol. The summed E-state index contributed by atoms with van der Waals surface area (Å²) in [5.74, 6) is -6.23. The van der Waals surface area contributed by atoms with Gasteiger partial charge in [-0.05, 0) is 67.7 Å². The van der Waals surface area contributed by atoms with Gasteiger partial charge >= 0.3 is 0 Å². The number of H-pyrrole nitrogens is 2. The number of alkyl halides is 4. The Kier molecular flexibility index (Phi) is 6.67. The normalized spacial score (nSPS) is 31.5. The number of nitrogens with zero attached hydrogens (tertiary/aromatic N) is 6. The first kappa shape index (κ1) is 33.2. The van der Waals surface area contributed by atoms with E-state index in [1.54, 1.807) is 6.20 Å². The summed E-state index contributed by atoms with van der Waals surface area (Å²) in [4.78, 5) is 46.5. The van der Waals surface area contributed by atoms with Crippen molar-refractivity contribution in [1.29, 1.82) is 0 Å². The number of carbonyl (C=O) groups is 2. The maximum atomic E-state index is 13.0. The van der Waals surface area contributed by atoms with Crippen LogP contribution < -0.4 is 5.73 Å². The molecule has 0 aromatic carbocycles. The van der Waals surface area contributed by atoms with E-state index in [0.29, 0.717) is 6.42 Å². The number of rotatable bonds is 6. The van der Waals surface area contributed by atoms with Gasteiger partial charge in [-0.2, -0.15) is 0 Å². The Morgan fingerprint density at radius 3 is 1.60 bits per heavy atom. The number of fused-ring (bicyclic) bond motifs is 6. The monoisotopic (exact) mass is 749 g/mol. The van der Waals surface area contributed by atoms with E-state index in [0.717, 1.165) is 77.1 Å². The van der Waals surface area contributed by atoms with E-state index in [9.17, 15) is 27.2 Å². The Bertz CT molecular complexity index is 2440. The van der Waals surface area contributed by atoms with E-state index in [1.165, 1.54) is 5.52 Å². The number of ketones is 1. The van der Waals surface area contributed by atoms with Gasteiger partial charge in [0.1, 0.15) is 28.1 Å². The number of nitrogens with one attached hydrogen (secondary N) is 2. The van der Waals surface area contributed by atoms with Crippen molar-refractivity contribution < 1.29 is 27.2 Å². The van der Waals surface area contributed by atoms with E-state index in [2.05, 4.69) is 45.1 Å². The van der Waals surface area contributed by atoms with Crippen LogP contribution in [0.2, 0.25) is 0 Å². The van der Waals surface area contributed by atoms with Gasteiger partial charge in [-0.25, -0.2) is 37.5 Å². The van der Waals surface area contributed by atoms with Gasteiger partial charge in [-0.1, -0.05) is 0 Å². The lowest BCUT2D eigenvalue weighted by molar-refractivity contribution is -0.197. The quantitative estimate of drug-likeness (QED) is 0.121. The molecule has 0 atom stereocenters. The third kappa shape index (κ3) is 5.01. The number of hydrogen-bond donors (Lipinski definition) is 3. The average Bonchev–Trinajstić information content (AvgIpc) is 3.82. The SMILES string of the molecule is NC12CC(n3cnc4cnc5[nH]ccc5c43)(C1)C2.O=C(CC12CC(n3cnc4cnc5[nH]ccc5c43)(C1)C2)C1CC(F)(F)C1.O=C(Cl)C1CC(F)(F)C1. The molecule has 6 heterocycles. The second kappa shape index (κ2) is 10.6. The molecule has 276 valence electrons. The number of imidazole rings is 2. The molecule has 0 unspecified atom stereocenters.